The van der Waals surface area contributed by atoms with Crippen molar-refractivity contribution in [3.8, 4) is 17.8 Å². The molecule has 1 aromatic heterocycles. The topological polar surface area (TPSA) is 60.1 Å². The molecule has 138 valence electrons. The first-order valence-electron chi connectivity index (χ1n) is 9.14. The molecule has 26 heavy (non-hydrogen) atoms. The van der Waals surface area contributed by atoms with E-state index < -0.39 is 11.6 Å². The van der Waals surface area contributed by atoms with Crippen molar-refractivity contribution in [2.45, 2.75) is 57.2 Å². The number of benzene rings is 1. The third kappa shape index (κ3) is 2.98. The molecule has 1 aromatic carbocycles. The number of rotatable bonds is 4. The number of nitrogens with zero attached hydrogens (tertiary/aromatic N) is 3. The molecule has 2 fully saturated rings. The molecule has 0 radical (unpaired) electrons. The van der Waals surface area contributed by atoms with E-state index in [9.17, 15) is 8.78 Å². The van der Waals surface area contributed by atoms with Crippen molar-refractivity contribution < 1.29 is 18.3 Å². The standard InChI is InChI=1S/C19H21F2N3O2/c1-24-18-16(21)15(25-13-7-11(8-13)10-22)9-14(20)17(18)23-19(24)26-12-5-3-2-4-6-12/h9,11-13H,2-8H2,1H3. The van der Waals surface area contributed by atoms with Gasteiger partial charge >= 0.3 is 0 Å². The maximum atomic E-state index is 14.9. The summed E-state index contributed by atoms with van der Waals surface area (Å²) in [5, 5.41) is 8.82. The van der Waals surface area contributed by atoms with Gasteiger partial charge in [-0.15, -0.1) is 0 Å². The molecule has 2 aliphatic rings. The van der Waals surface area contributed by atoms with E-state index in [0.29, 0.717) is 12.8 Å². The number of fused-ring (bicyclic) bond motifs is 1. The Hall–Kier alpha value is -2.36. The Kier molecular flexibility index (Phi) is 4.43. The van der Waals surface area contributed by atoms with Crippen molar-refractivity contribution in [2.75, 3.05) is 0 Å². The van der Waals surface area contributed by atoms with Crippen LogP contribution in [0.4, 0.5) is 8.78 Å². The third-order valence-corrected chi connectivity index (χ3v) is 5.36. The average Bonchev–Trinajstić information content (AvgIpc) is 2.93. The first-order valence-corrected chi connectivity index (χ1v) is 9.14. The molecule has 1 heterocycles. The van der Waals surface area contributed by atoms with E-state index >= 15 is 0 Å². The van der Waals surface area contributed by atoms with Gasteiger partial charge in [0, 0.05) is 26.0 Å². The van der Waals surface area contributed by atoms with Gasteiger partial charge in [-0.2, -0.15) is 10.2 Å². The van der Waals surface area contributed by atoms with Crippen LogP contribution in [0.2, 0.25) is 0 Å². The molecule has 0 saturated heterocycles. The number of ether oxygens (including phenoxy) is 2. The summed E-state index contributed by atoms with van der Waals surface area (Å²) in [4.78, 5) is 4.17. The second-order valence-electron chi connectivity index (χ2n) is 7.24. The fourth-order valence-electron chi connectivity index (χ4n) is 3.73. The van der Waals surface area contributed by atoms with Crippen molar-refractivity contribution in [1.82, 2.24) is 9.55 Å². The summed E-state index contributed by atoms with van der Waals surface area (Å²) < 4.78 is 42.3. The highest BCUT2D eigenvalue weighted by molar-refractivity contribution is 5.80. The second kappa shape index (κ2) is 6.75. The molecule has 0 unspecified atom stereocenters. The molecule has 5 nitrogen and oxygen atoms in total. The van der Waals surface area contributed by atoms with E-state index in [0.717, 1.165) is 31.7 Å². The van der Waals surface area contributed by atoms with Crippen LogP contribution < -0.4 is 9.47 Å². The molecule has 4 rings (SSSR count). The van der Waals surface area contributed by atoms with Gasteiger partial charge in [-0.05, 0) is 25.7 Å². The van der Waals surface area contributed by atoms with Crippen LogP contribution in [0.5, 0.6) is 11.8 Å². The summed E-state index contributed by atoms with van der Waals surface area (Å²) in [6.07, 6.45) is 6.13. The van der Waals surface area contributed by atoms with E-state index in [2.05, 4.69) is 11.1 Å². The van der Waals surface area contributed by atoms with Crippen LogP contribution in [0.25, 0.3) is 11.0 Å². The first-order chi connectivity index (χ1) is 12.6. The van der Waals surface area contributed by atoms with Gasteiger partial charge in [0.1, 0.15) is 23.2 Å². The van der Waals surface area contributed by atoms with Gasteiger partial charge in [0.2, 0.25) is 0 Å². The number of halogens is 2. The molecule has 2 saturated carbocycles. The van der Waals surface area contributed by atoms with Gasteiger partial charge in [0.05, 0.1) is 12.0 Å². The summed E-state index contributed by atoms with van der Waals surface area (Å²) in [7, 11) is 1.62. The molecule has 2 aromatic rings. The van der Waals surface area contributed by atoms with E-state index in [-0.39, 0.29) is 40.9 Å². The lowest BCUT2D eigenvalue weighted by atomic mass is 9.83. The minimum atomic E-state index is -0.643. The highest BCUT2D eigenvalue weighted by atomic mass is 19.1. The number of imidazole rings is 1. The summed E-state index contributed by atoms with van der Waals surface area (Å²) in [6.45, 7) is 0. The molecule has 0 amide bonds. The molecule has 2 aliphatic carbocycles. The van der Waals surface area contributed by atoms with Crippen molar-refractivity contribution in [1.29, 1.82) is 5.26 Å². The van der Waals surface area contributed by atoms with Crippen LogP contribution in [0, 0.1) is 28.9 Å². The third-order valence-electron chi connectivity index (χ3n) is 5.36. The van der Waals surface area contributed by atoms with Gasteiger partial charge in [-0.1, -0.05) is 6.42 Å². The first kappa shape index (κ1) is 17.1. The Morgan fingerprint density at radius 1 is 1.15 bits per heavy atom. The quantitative estimate of drug-likeness (QED) is 0.817. The number of aromatic nitrogens is 2. The summed E-state index contributed by atoms with van der Waals surface area (Å²) in [5.74, 6) is -1.48. The molecule has 0 atom stereocenters. The molecular weight excluding hydrogens is 340 g/mol. The Bertz CT molecular complexity index is 862. The lowest BCUT2D eigenvalue weighted by molar-refractivity contribution is 0.0850. The van der Waals surface area contributed by atoms with Crippen molar-refractivity contribution >= 4 is 11.0 Å². The minimum Gasteiger partial charge on any atom is -0.487 e. The molecule has 0 bridgehead atoms. The van der Waals surface area contributed by atoms with Gasteiger partial charge in [-0.25, -0.2) is 8.78 Å². The Morgan fingerprint density at radius 2 is 1.88 bits per heavy atom. The fraction of sp³-hybridized carbons (Fsp3) is 0.579. The predicted molar refractivity (Wildman–Crippen MR) is 90.9 cm³/mol. The zero-order valence-electron chi connectivity index (χ0n) is 14.7. The molecule has 0 aliphatic heterocycles. The maximum absolute atomic E-state index is 14.9. The zero-order valence-corrected chi connectivity index (χ0v) is 14.7. The summed E-state index contributed by atoms with van der Waals surface area (Å²) in [5.41, 5.74) is -0.00589. The van der Waals surface area contributed by atoms with Crippen LogP contribution in [-0.2, 0) is 7.05 Å². The Labute approximate surface area is 150 Å². The van der Waals surface area contributed by atoms with Gasteiger partial charge in [-0.3, -0.25) is 4.57 Å². The Morgan fingerprint density at radius 3 is 2.58 bits per heavy atom. The predicted octanol–water partition coefficient (Wildman–Crippen LogP) is 4.24. The van der Waals surface area contributed by atoms with E-state index in [1.807, 2.05) is 0 Å². The van der Waals surface area contributed by atoms with Gasteiger partial charge in [0.15, 0.2) is 17.4 Å². The average molecular weight is 361 g/mol. The molecular formula is C19H21F2N3O2. The van der Waals surface area contributed by atoms with Crippen molar-refractivity contribution in [3.63, 3.8) is 0 Å². The zero-order chi connectivity index (χ0) is 18.3. The van der Waals surface area contributed by atoms with E-state index in [1.54, 1.807) is 7.05 Å². The second-order valence-corrected chi connectivity index (χ2v) is 7.24. The molecule has 0 spiro atoms. The monoisotopic (exact) mass is 361 g/mol. The van der Waals surface area contributed by atoms with E-state index in [1.165, 1.54) is 11.0 Å². The highest BCUT2D eigenvalue weighted by Crippen LogP contribution is 2.36. The normalized spacial score (nSPS) is 23.5. The van der Waals surface area contributed by atoms with Crippen LogP contribution in [0.15, 0.2) is 6.07 Å². The lowest BCUT2D eigenvalue weighted by Gasteiger charge is -2.31. The largest absolute Gasteiger partial charge is 0.487 e. The van der Waals surface area contributed by atoms with Crippen LogP contribution in [-0.4, -0.2) is 21.8 Å². The highest BCUT2D eigenvalue weighted by Gasteiger charge is 2.32. The minimum absolute atomic E-state index is 0.0407. The summed E-state index contributed by atoms with van der Waals surface area (Å²) in [6, 6.07) is 3.41. The van der Waals surface area contributed by atoms with Crippen molar-refractivity contribution in [2.24, 2.45) is 13.0 Å². The molecule has 7 heteroatoms. The molecule has 0 N–H and O–H groups in total. The smallest absolute Gasteiger partial charge is 0.297 e. The number of aryl methyl sites for hydroxylation is 1. The van der Waals surface area contributed by atoms with Crippen LogP contribution in [0.1, 0.15) is 44.9 Å². The Balaban J connectivity index is 1.62. The number of nitriles is 1. The number of hydrogen-bond acceptors (Lipinski definition) is 4. The van der Waals surface area contributed by atoms with Crippen LogP contribution in [0.3, 0.4) is 0 Å². The van der Waals surface area contributed by atoms with Crippen molar-refractivity contribution in [3.05, 3.63) is 17.7 Å². The fourth-order valence-corrected chi connectivity index (χ4v) is 3.73. The van der Waals surface area contributed by atoms with Gasteiger partial charge in [0.25, 0.3) is 6.01 Å². The number of hydrogen-bond donors (Lipinski definition) is 0. The van der Waals surface area contributed by atoms with Gasteiger partial charge < -0.3 is 9.47 Å². The lowest BCUT2D eigenvalue weighted by Crippen LogP contribution is -2.33. The van der Waals surface area contributed by atoms with Crippen LogP contribution >= 0.6 is 0 Å². The summed E-state index contributed by atoms with van der Waals surface area (Å²) >= 11 is 0. The van der Waals surface area contributed by atoms with E-state index in [4.69, 9.17) is 14.7 Å². The SMILES string of the molecule is Cn1c(OC2CCCCC2)nc2c(F)cc(OC3CC(C#N)C3)c(F)c21. The maximum Gasteiger partial charge on any atom is 0.297 e.